The molecular weight excluding hydrogens is 508 g/mol. The van der Waals surface area contributed by atoms with Crippen LogP contribution in [0.15, 0.2) is 64.0 Å². The van der Waals surface area contributed by atoms with Gasteiger partial charge in [0.1, 0.15) is 5.82 Å². The van der Waals surface area contributed by atoms with E-state index in [2.05, 4.69) is 6.07 Å². The molecule has 1 aliphatic carbocycles. The Kier molecular flexibility index (Phi) is 6.90. The lowest BCUT2D eigenvalue weighted by Crippen LogP contribution is -2.42. The Morgan fingerprint density at radius 3 is 2.08 bits per heavy atom. The van der Waals surface area contributed by atoms with Crippen molar-refractivity contribution < 1.29 is 27.4 Å². The first-order valence-electron chi connectivity index (χ1n) is 11.8. The monoisotopic (exact) mass is 538 g/mol. The predicted molar refractivity (Wildman–Crippen MR) is 141 cm³/mol. The Morgan fingerprint density at radius 1 is 1.03 bits per heavy atom. The number of carbonyl (C=O) groups is 1. The number of benzene rings is 2. The molecule has 0 amide bonds. The van der Waals surface area contributed by atoms with E-state index in [4.69, 9.17) is 25.1 Å². The molecule has 0 aromatic heterocycles. The number of allylic oxidation sites excluding steroid dienone is 3. The Morgan fingerprint density at radius 2 is 1.61 bits per heavy atom. The Bertz CT molecular complexity index is 1490. The number of rotatable bonds is 6. The molecule has 0 unspecified atom stereocenters. The summed E-state index contributed by atoms with van der Waals surface area (Å²) >= 11 is 0. The highest BCUT2D eigenvalue weighted by Crippen LogP contribution is 2.52. The highest BCUT2D eigenvalue weighted by atomic mass is 32.2. The summed E-state index contributed by atoms with van der Waals surface area (Å²) in [5.74, 6) is 0.397. The second kappa shape index (κ2) is 9.70. The van der Waals surface area contributed by atoms with Crippen molar-refractivity contribution in [1.82, 2.24) is 0 Å². The fourth-order valence-electron chi connectivity index (χ4n) is 5.19. The van der Waals surface area contributed by atoms with Crippen molar-refractivity contribution in [3.8, 4) is 23.3 Å². The normalized spacial score (nSPS) is 19.1. The quantitative estimate of drug-likeness (QED) is 0.563. The lowest BCUT2D eigenvalue weighted by Gasteiger charge is -2.43. The van der Waals surface area contributed by atoms with Crippen LogP contribution in [0.4, 0.5) is 5.69 Å². The summed E-state index contributed by atoms with van der Waals surface area (Å²) in [5, 5.41) is 15.6. The lowest BCUT2D eigenvalue weighted by atomic mass is 9.68. The number of primary sulfonamides is 1. The van der Waals surface area contributed by atoms with Crippen LogP contribution in [0.25, 0.3) is 0 Å². The molecule has 0 saturated carbocycles. The van der Waals surface area contributed by atoms with Crippen molar-refractivity contribution in [2.24, 2.45) is 16.3 Å². The molecule has 0 fully saturated rings. The number of Topliss-reactive ketones (excluding diaryl/α,β-unsaturated/α-hetero) is 1. The second-order valence-corrected chi connectivity index (χ2v) is 11.5. The molecule has 2 aromatic carbocycles. The zero-order valence-corrected chi connectivity index (χ0v) is 22.7. The molecule has 2 aliphatic rings. The van der Waals surface area contributed by atoms with Crippen LogP contribution < -0.4 is 30.0 Å². The first kappa shape index (κ1) is 27.0. The Labute approximate surface area is 222 Å². The molecule has 1 atom stereocenters. The summed E-state index contributed by atoms with van der Waals surface area (Å²) in [6.07, 6.45) is 0.773. The fourth-order valence-corrected chi connectivity index (χ4v) is 5.71. The maximum absolute atomic E-state index is 13.8. The van der Waals surface area contributed by atoms with E-state index in [1.165, 1.54) is 33.5 Å². The van der Waals surface area contributed by atoms with E-state index in [0.717, 1.165) is 0 Å². The second-order valence-electron chi connectivity index (χ2n) is 9.98. The number of anilines is 1. The molecule has 0 spiro atoms. The molecule has 38 heavy (non-hydrogen) atoms. The average Bonchev–Trinajstić information content (AvgIpc) is 2.86. The molecule has 10 nitrogen and oxygen atoms in total. The first-order chi connectivity index (χ1) is 17.9. The van der Waals surface area contributed by atoms with Crippen LogP contribution in [0, 0.1) is 16.7 Å². The standard InChI is InChI=1S/C27H30N4O6S/c1-27(2)12-19-24(20(32)13-27)23(15-10-21(35-3)25(37-5)22(11-15)36-4)18(14-28)26(29)31(19)16-6-8-17(9-7-16)38(30,33)34/h6-11,23H,12-13,29H2,1-5H3,(H2,30,33,34)/t23-/m0/s1. The number of methoxy groups -OCH3 is 3. The molecule has 0 saturated heterocycles. The topological polar surface area (TPSA) is 158 Å². The number of nitrogens with two attached hydrogens (primary N) is 2. The van der Waals surface area contributed by atoms with E-state index >= 15 is 0 Å². The van der Waals surface area contributed by atoms with E-state index in [9.17, 15) is 18.5 Å². The van der Waals surface area contributed by atoms with Crippen LogP contribution in [-0.4, -0.2) is 35.5 Å². The lowest BCUT2D eigenvalue weighted by molar-refractivity contribution is -0.118. The van der Waals surface area contributed by atoms with Gasteiger partial charge in [-0.2, -0.15) is 5.26 Å². The minimum Gasteiger partial charge on any atom is -0.493 e. The average molecular weight is 539 g/mol. The van der Waals surface area contributed by atoms with Gasteiger partial charge in [-0.3, -0.25) is 9.69 Å². The summed E-state index contributed by atoms with van der Waals surface area (Å²) in [7, 11) is 0.562. The highest BCUT2D eigenvalue weighted by molar-refractivity contribution is 7.89. The van der Waals surface area contributed by atoms with Gasteiger partial charge in [0.15, 0.2) is 17.3 Å². The van der Waals surface area contributed by atoms with Crippen LogP contribution in [-0.2, 0) is 14.8 Å². The van der Waals surface area contributed by atoms with Gasteiger partial charge < -0.3 is 19.9 Å². The van der Waals surface area contributed by atoms with Crippen molar-refractivity contribution in [3.05, 3.63) is 64.6 Å². The van der Waals surface area contributed by atoms with E-state index < -0.39 is 15.9 Å². The van der Waals surface area contributed by atoms with E-state index in [1.807, 2.05) is 13.8 Å². The molecule has 200 valence electrons. The minimum atomic E-state index is -3.91. The number of nitrogens with zero attached hydrogens (tertiary/aromatic N) is 2. The van der Waals surface area contributed by atoms with E-state index in [0.29, 0.717) is 46.2 Å². The molecule has 2 aromatic rings. The fraction of sp³-hybridized carbons (Fsp3) is 0.333. The molecule has 0 radical (unpaired) electrons. The van der Waals surface area contributed by atoms with Gasteiger partial charge in [0.25, 0.3) is 0 Å². The summed E-state index contributed by atoms with van der Waals surface area (Å²) in [5.41, 5.74) is 8.63. The van der Waals surface area contributed by atoms with Crippen LogP contribution in [0.2, 0.25) is 0 Å². The van der Waals surface area contributed by atoms with Gasteiger partial charge in [-0.25, -0.2) is 13.6 Å². The largest absolute Gasteiger partial charge is 0.493 e. The van der Waals surface area contributed by atoms with Crippen molar-refractivity contribution in [1.29, 1.82) is 5.26 Å². The molecule has 1 heterocycles. The van der Waals surface area contributed by atoms with Gasteiger partial charge in [-0.1, -0.05) is 13.8 Å². The summed E-state index contributed by atoms with van der Waals surface area (Å²) in [4.78, 5) is 15.3. The number of carbonyl (C=O) groups excluding carboxylic acids is 1. The zero-order valence-electron chi connectivity index (χ0n) is 21.9. The third-order valence-corrected chi connectivity index (χ3v) is 7.75. The van der Waals surface area contributed by atoms with Gasteiger partial charge in [0.05, 0.1) is 43.8 Å². The SMILES string of the molecule is COc1cc([C@H]2C(C#N)=C(N)N(c3ccc(S(N)(=O)=O)cc3)C3=C2C(=O)CC(C)(C)C3)cc(OC)c1OC. The van der Waals surface area contributed by atoms with Gasteiger partial charge in [-0.15, -0.1) is 0 Å². The van der Waals surface area contributed by atoms with Gasteiger partial charge >= 0.3 is 0 Å². The smallest absolute Gasteiger partial charge is 0.238 e. The Hall–Kier alpha value is -4.01. The van der Waals surface area contributed by atoms with Crippen LogP contribution in [0.3, 0.4) is 0 Å². The van der Waals surface area contributed by atoms with Crippen LogP contribution in [0.1, 0.15) is 38.2 Å². The first-order valence-corrected chi connectivity index (χ1v) is 13.3. The van der Waals surface area contributed by atoms with Crippen molar-refractivity contribution in [2.45, 2.75) is 37.5 Å². The number of ether oxygens (including phenoxy) is 3. The molecule has 4 N–H and O–H groups in total. The maximum Gasteiger partial charge on any atom is 0.238 e. The maximum atomic E-state index is 13.8. The van der Waals surface area contributed by atoms with E-state index in [1.54, 1.807) is 29.2 Å². The minimum absolute atomic E-state index is 0.0640. The van der Waals surface area contributed by atoms with Crippen molar-refractivity contribution in [3.63, 3.8) is 0 Å². The summed E-state index contributed by atoms with van der Waals surface area (Å²) in [6, 6.07) is 11.5. The molecular formula is C27H30N4O6S. The number of hydrogen-bond acceptors (Lipinski definition) is 9. The zero-order chi connectivity index (χ0) is 28.0. The number of hydrogen-bond donors (Lipinski definition) is 2. The predicted octanol–water partition coefficient (Wildman–Crippen LogP) is 3.30. The molecule has 0 bridgehead atoms. The van der Waals surface area contributed by atoms with Crippen LogP contribution in [0.5, 0.6) is 17.2 Å². The summed E-state index contributed by atoms with van der Waals surface area (Å²) < 4.78 is 40.1. The van der Waals surface area contributed by atoms with Crippen LogP contribution >= 0.6 is 0 Å². The van der Waals surface area contributed by atoms with Crippen molar-refractivity contribution in [2.75, 3.05) is 26.2 Å². The number of nitriles is 1. The number of sulfonamides is 1. The van der Waals surface area contributed by atoms with Gasteiger partial charge in [0.2, 0.25) is 15.8 Å². The van der Waals surface area contributed by atoms with Gasteiger partial charge in [-0.05, 0) is 53.8 Å². The van der Waals surface area contributed by atoms with Crippen molar-refractivity contribution >= 4 is 21.5 Å². The third kappa shape index (κ3) is 4.57. The molecule has 4 rings (SSSR count). The van der Waals surface area contributed by atoms with Gasteiger partial charge in [0, 0.05) is 23.4 Å². The third-order valence-electron chi connectivity index (χ3n) is 6.82. The Balaban J connectivity index is 2.00. The number of ketones is 1. The molecule has 1 aliphatic heterocycles. The van der Waals surface area contributed by atoms with E-state index in [-0.39, 0.29) is 33.9 Å². The molecule has 11 heteroatoms. The summed E-state index contributed by atoms with van der Waals surface area (Å²) in [6.45, 7) is 3.98. The highest BCUT2D eigenvalue weighted by Gasteiger charge is 2.45.